The van der Waals surface area contributed by atoms with E-state index in [1.54, 1.807) is 24.3 Å². The van der Waals surface area contributed by atoms with Crippen molar-refractivity contribution in [2.24, 2.45) is 0 Å². The monoisotopic (exact) mass is 444 g/mol. The Morgan fingerprint density at radius 2 is 1.90 bits per heavy atom. The average Bonchev–Trinajstić information content (AvgIpc) is 3.00. The standard InChI is InChI=1S/C23H17BrN4O/c1-14-11-16(15(2)28(14)19-9-7-18(24)8-10-19)12-17(13-25)22-26-21-6-4-3-5-20(21)23(29)27-22/h3-12H,1-2H3,(H,26,27,29)/b17-12+. The lowest BCUT2D eigenvalue weighted by Crippen LogP contribution is -2.11. The number of hydrogen-bond acceptors (Lipinski definition) is 3. The van der Waals surface area contributed by atoms with Crippen molar-refractivity contribution in [1.82, 2.24) is 14.5 Å². The zero-order valence-electron chi connectivity index (χ0n) is 15.9. The summed E-state index contributed by atoms with van der Waals surface area (Å²) in [6.07, 6.45) is 1.77. The van der Waals surface area contributed by atoms with E-state index in [1.807, 2.05) is 50.2 Å². The molecule has 0 saturated heterocycles. The van der Waals surface area contributed by atoms with Gasteiger partial charge in [-0.1, -0.05) is 28.1 Å². The van der Waals surface area contributed by atoms with Gasteiger partial charge in [-0.15, -0.1) is 0 Å². The van der Waals surface area contributed by atoms with E-state index in [2.05, 4.69) is 36.5 Å². The molecule has 0 aliphatic carbocycles. The topological polar surface area (TPSA) is 74.5 Å². The first-order chi connectivity index (χ1) is 14.0. The maximum Gasteiger partial charge on any atom is 0.259 e. The van der Waals surface area contributed by atoms with Crippen molar-refractivity contribution >= 4 is 38.5 Å². The fourth-order valence-electron chi connectivity index (χ4n) is 3.44. The van der Waals surface area contributed by atoms with Gasteiger partial charge in [0.25, 0.3) is 5.56 Å². The van der Waals surface area contributed by atoms with Gasteiger partial charge in [-0.2, -0.15) is 5.26 Å². The summed E-state index contributed by atoms with van der Waals surface area (Å²) in [5.74, 6) is 0.268. The lowest BCUT2D eigenvalue weighted by molar-refractivity contribution is 0.964. The van der Waals surface area contributed by atoms with Crippen LogP contribution in [0.25, 0.3) is 28.2 Å². The SMILES string of the molecule is Cc1cc(/C=C(\C#N)c2nc3ccccc3c(=O)[nH]2)c(C)n1-c1ccc(Br)cc1. The maximum absolute atomic E-state index is 12.4. The first kappa shape index (κ1) is 18.9. The van der Waals surface area contributed by atoms with E-state index in [0.29, 0.717) is 16.5 Å². The predicted octanol–water partition coefficient (Wildman–Crippen LogP) is 5.16. The molecule has 0 saturated carbocycles. The van der Waals surface area contributed by atoms with Crippen LogP contribution >= 0.6 is 15.9 Å². The molecule has 0 spiro atoms. The van der Waals surface area contributed by atoms with Crippen LogP contribution in [0.1, 0.15) is 22.8 Å². The van der Waals surface area contributed by atoms with Crippen LogP contribution in [-0.4, -0.2) is 14.5 Å². The van der Waals surface area contributed by atoms with E-state index < -0.39 is 0 Å². The number of rotatable bonds is 3. The third-order valence-corrected chi connectivity index (χ3v) is 5.37. The number of fused-ring (bicyclic) bond motifs is 1. The van der Waals surface area contributed by atoms with Crippen molar-refractivity contribution in [3.05, 3.63) is 92.2 Å². The second-order valence-corrected chi connectivity index (χ2v) is 7.66. The van der Waals surface area contributed by atoms with Gasteiger partial charge >= 0.3 is 0 Å². The maximum atomic E-state index is 12.4. The lowest BCUT2D eigenvalue weighted by atomic mass is 10.1. The molecular formula is C23H17BrN4O. The van der Waals surface area contributed by atoms with Crippen LogP contribution < -0.4 is 5.56 Å². The highest BCUT2D eigenvalue weighted by Gasteiger charge is 2.13. The number of nitrogens with one attached hydrogen (secondary N) is 1. The third kappa shape index (κ3) is 3.53. The Balaban J connectivity index is 1.83. The Bertz CT molecular complexity index is 1350. The minimum atomic E-state index is -0.257. The molecule has 6 heteroatoms. The zero-order chi connectivity index (χ0) is 20.5. The fourth-order valence-corrected chi connectivity index (χ4v) is 3.71. The normalized spacial score (nSPS) is 11.6. The number of aromatic nitrogens is 3. The summed E-state index contributed by atoms with van der Waals surface area (Å²) in [5, 5.41) is 10.2. The van der Waals surface area contributed by atoms with E-state index in [4.69, 9.17) is 0 Å². The van der Waals surface area contributed by atoms with E-state index in [0.717, 1.165) is 27.1 Å². The number of nitriles is 1. The molecule has 2 aromatic heterocycles. The van der Waals surface area contributed by atoms with Gasteiger partial charge in [0.1, 0.15) is 6.07 Å². The summed E-state index contributed by atoms with van der Waals surface area (Å²) in [7, 11) is 0. The number of aromatic amines is 1. The van der Waals surface area contributed by atoms with Crippen LogP contribution in [-0.2, 0) is 0 Å². The molecule has 0 atom stereocenters. The molecule has 2 heterocycles. The molecule has 4 rings (SSSR count). The van der Waals surface area contributed by atoms with Crippen LogP contribution in [0.2, 0.25) is 0 Å². The Morgan fingerprint density at radius 1 is 1.17 bits per heavy atom. The molecule has 142 valence electrons. The Hall–Kier alpha value is -3.43. The van der Waals surface area contributed by atoms with E-state index >= 15 is 0 Å². The van der Waals surface area contributed by atoms with Crippen LogP contribution in [0.3, 0.4) is 0 Å². The molecule has 0 unspecified atom stereocenters. The number of hydrogen-bond donors (Lipinski definition) is 1. The molecule has 0 aliphatic rings. The van der Waals surface area contributed by atoms with Crippen molar-refractivity contribution < 1.29 is 0 Å². The number of para-hydroxylation sites is 1. The van der Waals surface area contributed by atoms with Crippen molar-refractivity contribution in [2.75, 3.05) is 0 Å². The third-order valence-electron chi connectivity index (χ3n) is 4.84. The van der Waals surface area contributed by atoms with Gasteiger partial charge in [-0.05, 0) is 68.0 Å². The summed E-state index contributed by atoms with van der Waals surface area (Å²) in [5.41, 5.74) is 4.61. The molecule has 0 fully saturated rings. The molecule has 0 amide bonds. The van der Waals surface area contributed by atoms with Gasteiger partial charge in [-0.25, -0.2) is 4.98 Å². The molecule has 4 aromatic rings. The summed E-state index contributed by atoms with van der Waals surface area (Å²) >= 11 is 3.46. The molecular weight excluding hydrogens is 428 g/mol. The predicted molar refractivity (Wildman–Crippen MR) is 119 cm³/mol. The summed E-state index contributed by atoms with van der Waals surface area (Å²) < 4.78 is 3.14. The van der Waals surface area contributed by atoms with Crippen molar-refractivity contribution in [3.63, 3.8) is 0 Å². The molecule has 2 aromatic carbocycles. The highest BCUT2D eigenvalue weighted by atomic mass is 79.9. The Labute approximate surface area is 176 Å². The van der Waals surface area contributed by atoms with Crippen molar-refractivity contribution in [3.8, 4) is 11.8 Å². The van der Waals surface area contributed by atoms with Gasteiger partial charge in [-0.3, -0.25) is 4.79 Å². The second kappa shape index (κ2) is 7.53. The van der Waals surface area contributed by atoms with Crippen LogP contribution in [0.15, 0.2) is 63.9 Å². The van der Waals surface area contributed by atoms with Crippen molar-refractivity contribution in [1.29, 1.82) is 5.26 Å². The quantitative estimate of drug-likeness (QED) is 0.443. The van der Waals surface area contributed by atoms with Gasteiger partial charge in [0.15, 0.2) is 5.82 Å². The number of aryl methyl sites for hydroxylation is 1. The van der Waals surface area contributed by atoms with Crippen molar-refractivity contribution in [2.45, 2.75) is 13.8 Å². The molecule has 0 aliphatic heterocycles. The number of H-pyrrole nitrogens is 1. The Morgan fingerprint density at radius 3 is 2.62 bits per heavy atom. The van der Waals surface area contributed by atoms with Gasteiger partial charge in [0, 0.05) is 21.5 Å². The summed E-state index contributed by atoms with van der Waals surface area (Å²) in [4.78, 5) is 19.6. The minimum absolute atomic E-state index is 0.257. The lowest BCUT2D eigenvalue weighted by Gasteiger charge is -2.09. The number of halogens is 1. The van der Waals surface area contributed by atoms with Crippen LogP contribution in [0.4, 0.5) is 0 Å². The highest BCUT2D eigenvalue weighted by Crippen LogP contribution is 2.25. The first-order valence-electron chi connectivity index (χ1n) is 9.04. The first-order valence-corrected chi connectivity index (χ1v) is 9.83. The molecule has 29 heavy (non-hydrogen) atoms. The molecule has 0 radical (unpaired) electrons. The van der Waals surface area contributed by atoms with Crippen LogP contribution in [0, 0.1) is 25.2 Å². The van der Waals surface area contributed by atoms with E-state index in [9.17, 15) is 10.1 Å². The highest BCUT2D eigenvalue weighted by molar-refractivity contribution is 9.10. The second-order valence-electron chi connectivity index (χ2n) is 6.74. The number of allylic oxidation sites excluding steroid dienone is 1. The zero-order valence-corrected chi connectivity index (χ0v) is 17.5. The Kier molecular flexibility index (Phi) is 4.91. The summed E-state index contributed by atoms with van der Waals surface area (Å²) in [6.45, 7) is 4.03. The molecule has 5 nitrogen and oxygen atoms in total. The summed E-state index contributed by atoms with van der Waals surface area (Å²) in [6, 6.07) is 19.3. The smallest absolute Gasteiger partial charge is 0.259 e. The minimum Gasteiger partial charge on any atom is -0.318 e. The number of nitrogens with zero attached hydrogens (tertiary/aromatic N) is 3. The van der Waals surface area contributed by atoms with Gasteiger partial charge < -0.3 is 9.55 Å². The fraction of sp³-hybridized carbons (Fsp3) is 0.0870. The molecule has 0 bridgehead atoms. The van der Waals surface area contributed by atoms with E-state index in [1.165, 1.54) is 0 Å². The van der Waals surface area contributed by atoms with Gasteiger partial charge in [0.05, 0.1) is 16.5 Å². The van der Waals surface area contributed by atoms with E-state index in [-0.39, 0.29) is 11.4 Å². The largest absolute Gasteiger partial charge is 0.318 e. The number of benzene rings is 2. The van der Waals surface area contributed by atoms with Crippen LogP contribution in [0.5, 0.6) is 0 Å². The average molecular weight is 445 g/mol. The molecule has 1 N–H and O–H groups in total. The van der Waals surface area contributed by atoms with Gasteiger partial charge in [0.2, 0.25) is 0 Å².